The van der Waals surface area contributed by atoms with Gasteiger partial charge in [0.1, 0.15) is 18.0 Å². The number of morpholine rings is 2. The van der Waals surface area contributed by atoms with Gasteiger partial charge in [0.25, 0.3) is 0 Å². The maximum atomic E-state index is 13.1. The normalized spacial score (nSPS) is 24.2. The average Bonchev–Trinajstić information content (AvgIpc) is 2.84. The molecular weight excluding hydrogens is 380 g/mol. The quantitative estimate of drug-likeness (QED) is 0.756. The van der Waals surface area contributed by atoms with Crippen LogP contribution >= 0.6 is 0 Å². The van der Waals surface area contributed by atoms with Crippen LogP contribution in [0.4, 0.5) is 0 Å². The second-order valence-corrected chi connectivity index (χ2v) is 8.01. The molecule has 7 heteroatoms. The van der Waals surface area contributed by atoms with Gasteiger partial charge in [-0.3, -0.25) is 14.8 Å². The average molecular weight is 411 g/mol. The molecule has 2 fully saturated rings. The predicted octanol–water partition coefficient (Wildman–Crippen LogP) is 2.27. The molecule has 2 saturated heterocycles. The Hall–Kier alpha value is -2.19. The SMILES string of the molecule is CC(C(=O)C(C)c1ccc(C2CNCCO2)nc1)c1ccc(C2CNCCO2)nc1. The molecule has 2 aromatic rings. The molecular formula is C23H30N4O3. The smallest absolute Gasteiger partial charge is 0.147 e. The molecule has 4 heterocycles. The van der Waals surface area contributed by atoms with Crippen LogP contribution in [0.2, 0.25) is 0 Å². The van der Waals surface area contributed by atoms with Crippen molar-refractivity contribution < 1.29 is 14.3 Å². The van der Waals surface area contributed by atoms with E-state index >= 15 is 0 Å². The Morgan fingerprint density at radius 1 is 0.867 bits per heavy atom. The van der Waals surface area contributed by atoms with Crippen molar-refractivity contribution in [2.75, 3.05) is 39.4 Å². The van der Waals surface area contributed by atoms with Crippen molar-refractivity contribution in [3.8, 4) is 0 Å². The van der Waals surface area contributed by atoms with Crippen LogP contribution in [0, 0.1) is 0 Å². The first kappa shape index (κ1) is 21.1. The summed E-state index contributed by atoms with van der Waals surface area (Å²) in [5.41, 5.74) is 3.65. The fourth-order valence-corrected chi connectivity index (χ4v) is 3.94. The lowest BCUT2D eigenvalue weighted by Gasteiger charge is -2.24. The monoisotopic (exact) mass is 410 g/mol. The first-order valence-electron chi connectivity index (χ1n) is 10.7. The van der Waals surface area contributed by atoms with E-state index in [1.165, 1.54) is 0 Å². The minimum atomic E-state index is -0.238. The van der Waals surface area contributed by atoms with E-state index in [2.05, 4.69) is 20.6 Å². The van der Waals surface area contributed by atoms with Crippen LogP contribution in [0.15, 0.2) is 36.7 Å². The van der Waals surface area contributed by atoms with Crippen molar-refractivity contribution in [1.82, 2.24) is 20.6 Å². The number of hydrogen-bond donors (Lipinski definition) is 2. The highest BCUT2D eigenvalue weighted by Gasteiger charge is 2.25. The van der Waals surface area contributed by atoms with Gasteiger partial charge in [-0.05, 0) is 23.3 Å². The molecule has 2 N–H and O–H groups in total. The summed E-state index contributed by atoms with van der Waals surface area (Å²) in [6.45, 7) is 8.55. The number of rotatable bonds is 6. The molecule has 160 valence electrons. The number of pyridine rings is 2. The third-order valence-corrected chi connectivity index (χ3v) is 5.99. The van der Waals surface area contributed by atoms with Crippen LogP contribution in [0.25, 0.3) is 0 Å². The highest BCUT2D eigenvalue weighted by Crippen LogP contribution is 2.27. The van der Waals surface area contributed by atoms with Gasteiger partial charge in [-0.2, -0.15) is 0 Å². The zero-order valence-corrected chi connectivity index (χ0v) is 17.6. The summed E-state index contributed by atoms with van der Waals surface area (Å²) in [5, 5.41) is 6.62. The Morgan fingerprint density at radius 3 is 1.67 bits per heavy atom. The second-order valence-electron chi connectivity index (χ2n) is 8.01. The molecule has 4 rings (SSSR count). The van der Waals surface area contributed by atoms with Gasteiger partial charge in [0.05, 0.1) is 24.6 Å². The van der Waals surface area contributed by atoms with Crippen LogP contribution in [0.1, 0.15) is 60.4 Å². The van der Waals surface area contributed by atoms with Crippen molar-refractivity contribution in [3.05, 3.63) is 59.2 Å². The number of carbonyl (C=O) groups excluding carboxylic acids is 1. The van der Waals surface area contributed by atoms with Crippen LogP contribution in [-0.2, 0) is 14.3 Å². The van der Waals surface area contributed by atoms with Crippen molar-refractivity contribution in [2.24, 2.45) is 0 Å². The topological polar surface area (TPSA) is 85.4 Å². The van der Waals surface area contributed by atoms with Gasteiger partial charge in [-0.1, -0.05) is 26.0 Å². The number of nitrogens with zero attached hydrogens (tertiary/aromatic N) is 2. The van der Waals surface area contributed by atoms with Crippen LogP contribution in [0.5, 0.6) is 0 Å². The lowest BCUT2D eigenvalue weighted by Crippen LogP contribution is -2.33. The Bertz CT molecular complexity index is 759. The van der Waals surface area contributed by atoms with Crippen LogP contribution in [0.3, 0.4) is 0 Å². The minimum Gasteiger partial charge on any atom is -0.369 e. The van der Waals surface area contributed by atoms with Gasteiger partial charge in [0.2, 0.25) is 0 Å². The predicted molar refractivity (Wildman–Crippen MR) is 113 cm³/mol. The summed E-state index contributed by atoms with van der Waals surface area (Å²) in [6, 6.07) is 7.92. The van der Waals surface area contributed by atoms with E-state index in [4.69, 9.17) is 9.47 Å². The number of ether oxygens (including phenoxy) is 2. The number of aromatic nitrogens is 2. The van der Waals surface area contributed by atoms with Gasteiger partial charge in [-0.25, -0.2) is 0 Å². The van der Waals surface area contributed by atoms with Crippen molar-refractivity contribution in [3.63, 3.8) is 0 Å². The summed E-state index contributed by atoms with van der Waals surface area (Å²) in [5.74, 6) is -0.319. The zero-order valence-electron chi connectivity index (χ0n) is 17.6. The van der Waals surface area contributed by atoms with E-state index in [0.29, 0.717) is 13.2 Å². The number of nitrogens with one attached hydrogen (secondary N) is 2. The van der Waals surface area contributed by atoms with E-state index in [-0.39, 0.29) is 29.8 Å². The highest BCUT2D eigenvalue weighted by atomic mass is 16.5. The van der Waals surface area contributed by atoms with E-state index < -0.39 is 0 Å². The minimum absolute atomic E-state index is 0.0225. The molecule has 0 bridgehead atoms. The molecule has 2 aliphatic rings. The largest absolute Gasteiger partial charge is 0.369 e. The van der Waals surface area contributed by atoms with Gasteiger partial charge >= 0.3 is 0 Å². The van der Waals surface area contributed by atoms with Crippen molar-refractivity contribution in [1.29, 1.82) is 0 Å². The fourth-order valence-electron chi connectivity index (χ4n) is 3.94. The summed E-state index contributed by atoms with van der Waals surface area (Å²) >= 11 is 0. The lowest BCUT2D eigenvalue weighted by molar-refractivity contribution is -0.121. The Labute approximate surface area is 177 Å². The molecule has 0 aromatic carbocycles. The molecule has 2 aliphatic heterocycles. The van der Waals surface area contributed by atoms with Crippen LogP contribution in [-0.4, -0.2) is 55.1 Å². The number of ketones is 1. The van der Waals surface area contributed by atoms with Gasteiger partial charge < -0.3 is 20.1 Å². The zero-order chi connectivity index (χ0) is 20.9. The van der Waals surface area contributed by atoms with Crippen molar-refractivity contribution >= 4 is 5.78 Å². The maximum Gasteiger partial charge on any atom is 0.147 e. The molecule has 0 amide bonds. The first-order valence-corrected chi connectivity index (χ1v) is 10.7. The summed E-state index contributed by atoms with van der Waals surface area (Å²) in [6.07, 6.45) is 3.56. The molecule has 7 nitrogen and oxygen atoms in total. The first-order chi connectivity index (χ1) is 14.6. The maximum absolute atomic E-state index is 13.1. The summed E-state index contributed by atoms with van der Waals surface area (Å²) in [7, 11) is 0. The van der Waals surface area contributed by atoms with E-state index in [1.54, 1.807) is 12.4 Å². The molecule has 0 saturated carbocycles. The van der Waals surface area contributed by atoms with E-state index in [9.17, 15) is 4.79 Å². The van der Waals surface area contributed by atoms with Crippen molar-refractivity contribution in [2.45, 2.75) is 37.9 Å². The molecule has 2 aromatic heterocycles. The number of Topliss-reactive ketones (excluding diaryl/α,β-unsaturated/α-hetero) is 1. The number of hydrogen-bond acceptors (Lipinski definition) is 7. The number of carbonyl (C=O) groups is 1. The summed E-state index contributed by atoms with van der Waals surface area (Å²) < 4.78 is 11.5. The molecule has 0 aliphatic carbocycles. The molecule has 4 atom stereocenters. The van der Waals surface area contributed by atoms with Crippen LogP contribution < -0.4 is 10.6 Å². The van der Waals surface area contributed by atoms with E-state index in [0.717, 1.165) is 48.7 Å². The molecule has 30 heavy (non-hydrogen) atoms. The standard InChI is InChI=1S/C23H30N4O3/c1-15(17-3-5-19(26-11-17)21-13-24-7-9-29-21)23(28)16(2)18-4-6-20(27-12-18)22-14-25-8-10-30-22/h3-6,11-12,15-16,21-22,24-25H,7-10,13-14H2,1-2H3. The summed E-state index contributed by atoms with van der Waals surface area (Å²) in [4.78, 5) is 22.2. The second kappa shape index (κ2) is 9.75. The highest BCUT2D eigenvalue weighted by molar-refractivity contribution is 5.91. The Balaban J connectivity index is 1.40. The third-order valence-electron chi connectivity index (χ3n) is 5.99. The van der Waals surface area contributed by atoms with Gasteiger partial charge in [0.15, 0.2) is 0 Å². The molecule has 0 spiro atoms. The molecule has 0 radical (unpaired) electrons. The Morgan fingerprint density at radius 2 is 1.33 bits per heavy atom. The van der Waals surface area contributed by atoms with Gasteiger partial charge in [-0.15, -0.1) is 0 Å². The van der Waals surface area contributed by atoms with Gasteiger partial charge in [0, 0.05) is 50.4 Å². The Kier molecular flexibility index (Phi) is 6.84. The third kappa shape index (κ3) is 4.75. The van der Waals surface area contributed by atoms with E-state index in [1.807, 2.05) is 38.1 Å². The molecule has 4 unspecified atom stereocenters. The fraction of sp³-hybridized carbons (Fsp3) is 0.522. The lowest BCUT2D eigenvalue weighted by atomic mass is 9.87.